The number of methoxy groups -OCH3 is 1. The topological polar surface area (TPSA) is 83.1 Å². The quantitative estimate of drug-likeness (QED) is 0.733. The number of nitrogens with zero attached hydrogens (tertiary/aromatic N) is 1. The standard InChI is InChI=1S/C20H27NO5/c1-25-12-3-2-10-20(24,16-7-5-11-21(14-16)19(22)23)17-8-4-6-15-9-13-26-18(15)17/h4,6,8-9,13,16,24H,2-3,5,7,10-12,14H2,1H3,(H,22,23)/t16?,20-/m0/s1. The molecule has 1 aliphatic rings. The Morgan fingerprint density at radius 1 is 1.38 bits per heavy atom. The molecule has 6 heteroatoms. The zero-order valence-electron chi connectivity index (χ0n) is 15.2. The maximum absolute atomic E-state index is 11.8. The van der Waals surface area contributed by atoms with Gasteiger partial charge in [-0.1, -0.05) is 18.2 Å². The number of furan rings is 1. The highest BCUT2D eigenvalue weighted by atomic mass is 16.5. The first-order valence-corrected chi connectivity index (χ1v) is 9.22. The van der Waals surface area contributed by atoms with Gasteiger partial charge in [0.15, 0.2) is 0 Å². The molecule has 0 aliphatic carbocycles. The number of ether oxygens (including phenoxy) is 1. The van der Waals surface area contributed by atoms with Crippen molar-refractivity contribution >= 4 is 17.1 Å². The molecule has 1 saturated heterocycles. The molecule has 1 fully saturated rings. The van der Waals surface area contributed by atoms with Gasteiger partial charge in [0.25, 0.3) is 0 Å². The Labute approximate surface area is 153 Å². The molecule has 0 bridgehead atoms. The second-order valence-electron chi connectivity index (χ2n) is 7.09. The summed E-state index contributed by atoms with van der Waals surface area (Å²) >= 11 is 0. The highest BCUT2D eigenvalue weighted by Gasteiger charge is 2.42. The number of benzene rings is 1. The van der Waals surface area contributed by atoms with E-state index in [0.717, 1.165) is 36.6 Å². The maximum Gasteiger partial charge on any atom is 0.407 e. The van der Waals surface area contributed by atoms with E-state index in [-0.39, 0.29) is 5.92 Å². The summed E-state index contributed by atoms with van der Waals surface area (Å²) in [7, 11) is 1.67. The number of para-hydroxylation sites is 1. The summed E-state index contributed by atoms with van der Waals surface area (Å²) in [5, 5.41) is 22.1. The van der Waals surface area contributed by atoms with Gasteiger partial charge in [0, 0.05) is 43.7 Å². The second kappa shape index (κ2) is 8.10. The van der Waals surface area contributed by atoms with Crippen LogP contribution in [0.2, 0.25) is 0 Å². The van der Waals surface area contributed by atoms with E-state index in [0.29, 0.717) is 31.7 Å². The predicted octanol–water partition coefficient (Wildman–Crippen LogP) is 3.83. The van der Waals surface area contributed by atoms with E-state index < -0.39 is 11.7 Å². The van der Waals surface area contributed by atoms with E-state index in [9.17, 15) is 15.0 Å². The number of likely N-dealkylation sites (tertiary alicyclic amines) is 1. The van der Waals surface area contributed by atoms with Crippen LogP contribution in [0.3, 0.4) is 0 Å². The van der Waals surface area contributed by atoms with Gasteiger partial charge in [0.1, 0.15) is 5.58 Å². The zero-order chi connectivity index (χ0) is 18.6. The lowest BCUT2D eigenvalue weighted by atomic mass is 9.73. The molecular formula is C20H27NO5. The highest BCUT2D eigenvalue weighted by Crippen LogP contribution is 2.42. The predicted molar refractivity (Wildman–Crippen MR) is 98.2 cm³/mol. The van der Waals surface area contributed by atoms with Gasteiger partial charge in [0.05, 0.1) is 11.9 Å². The van der Waals surface area contributed by atoms with E-state index >= 15 is 0 Å². The molecule has 2 N–H and O–H groups in total. The number of carboxylic acid groups (broad SMARTS) is 1. The summed E-state index contributed by atoms with van der Waals surface area (Å²) < 4.78 is 10.8. The van der Waals surface area contributed by atoms with E-state index in [1.165, 1.54) is 4.90 Å². The van der Waals surface area contributed by atoms with Crippen LogP contribution in [0.1, 0.15) is 37.7 Å². The molecule has 1 aromatic carbocycles. The van der Waals surface area contributed by atoms with Gasteiger partial charge in [-0.05, 0) is 38.2 Å². The van der Waals surface area contributed by atoms with Crippen LogP contribution in [0.25, 0.3) is 11.0 Å². The normalized spacial score (nSPS) is 20.2. The van der Waals surface area contributed by atoms with Crippen molar-refractivity contribution in [3.63, 3.8) is 0 Å². The number of carbonyl (C=O) groups is 1. The lowest BCUT2D eigenvalue weighted by Gasteiger charge is -2.42. The molecule has 142 valence electrons. The molecule has 1 aromatic heterocycles. The second-order valence-corrected chi connectivity index (χ2v) is 7.09. The van der Waals surface area contributed by atoms with Gasteiger partial charge >= 0.3 is 6.09 Å². The summed E-state index contributed by atoms with van der Waals surface area (Å²) in [5.74, 6) is -0.161. The Hall–Kier alpha value is -2.05. The molecule has 2 heterocycles. The lowest BCUT2D eigenvalue weighted by molar-refractivity contribution is -0.0579. The molecule has 26 heavy (non-hydrogen) atoms. The van der Waals surface area contributed by atoms with Gasteiger partial charge in [-0.15, -0.1) is 0 Å². The van der Waals surface area contributed by atoms with Gasteiger partial charge in [-0.25, -0.2) is 4.79 Å². The smallest absolute Gasteiger partial charge is 0.407 e. The first kappa shape index (κ1) is 18.7. The molecular weight excluding hydrogens is 334 g/mol. The Bertz CT molecular complexity index is 743. The third-order valence-corrected chi connectivity index (χ3v) is 5.47. The summed E-state index contributed by atoms with van der Waals surface area (Å²) in [4.78, 5) is 12.9. The van der Waals surface area contributed by atoms with Crippen molar-refractivity contribution in [1.29, 1.82) is 0 Å². The van der Waals surface area contributed by atoms with Crippen molar-refractivity contribution in [2.24, 2.45) is 5.92 Å². The molecule has 6 nitrogen and oxygen atoms in total. The van der Waals surface area contributed by atoms with Crippen LogP contribution in [-0.2, 0) is 10.3 Å². The van der Waals surface area contributed by atoms with Gasteiger partial charge < -0.3 is 24.3 Å². The SMILES string of the molecule is COCCCC[C@@](O)(c1cccc2ccoc12)C1CCCN(C(=O)O)C1. The minimum absolute atomic E-state index is 0.161. The third kappa shape index (κ3) is 3.71. The Morgan fingerprint density at radius 2 is 2.23 bits per heavy atom. The van der Waals surface area contributed by atoms with E-state index in [1.54, 1.807) is 13.4 Å². The van der Waals surface area contributed by atoms with Crippen molar-refractivity contribution in [2.45, 2.75) is 37.7 Å². The lowest BCUT2D eigenvalue weighted by Crippen LogP contribution is -2.47. The third-order valence-electron chi connectivity index (χ3n) is 5.47. The number of hydrogen-bond acceptors (Lipinski definition) is 4. The van der Waals surface area contributed by atoms with Crippen LogP contribution in [0, 0.1) is 5.92 Å². The fourth-order valence-electron chi connectivity index (χ4n) is 4.07. The number of aliphatic hydroxyl groups is 1. The number of hydrogen-bond donors (Lipinski definition) is 2. The van der Waals surface area contributed by atoms with Gasteiger partial charge in [-0.3, -0.25) is 0 Å². The van der Waals surface area contributed by atoms with Crippen molar-refractivity contribution in [3.8, 4) is 0 Å². The molecule has 2 aromatic rings. The molecule has 2 atom stereocenters. The van der Waals surface area contributed by atoms with Gasteiger partial charge in [0.2, 0.25) is 0 Å². The first-order valence-electron chi connectivity index (χ1n) is 9.22. The minimum Gasteiger partial charge on any atom is -0.465 e. The number of amides is 1. The Morgan fingerprint density at radius 3 is 3.00 bits per heavy atom. The maximum atomic E-state index is 11.8. The molecule has 0 spiro atoms. The average molecular weight is 361 g/mol. The molecule has 0 radical (unpaired) electrons. The molecule has 1 unspecified atom stereocenters. The van der Waals surface area contributed by atoms with Crippen LogP contribution in [-0.4, -0.2) is 48.0 Å². The van der Waals surface area contributed by atoms with Crippen molar-refractivity contribution in [2.75, 3.05) is 26.8 Å². The number of fused-ring (bicyclic) bond motifs is 1. The van der Waals surface area contributed by atoms with E-state index in [2.05, 4.69) is 0 Å². The Balaban J connectivity index is 1.93. The fraction of sp³-hybridized carbons (Fsp3) is 0.550. The average Bonchev–Trinajstić information content (AvgIpc) is 3.14. The molecule has 3 rings (SSSR count). The van der Waals surface area contributed by atoms with Crippen LogP contribution in [0.5, 0.6) is 0 Å². The van der Waals surface area contributed by atoms with E-state index in [1.807, 2.05) is 24.3 Å². The number of piperidine rings is 1. The molecule has 1 aliphatic heterocycles. The number of unbranched alkanes of at least 4 members (excludes halogenated alkanes) is 1. The first-order chi connectivity index (χ1) is 12.6. The molecule has 1 amide bonds. The highest BCUT2D eigenvalue weighted by molar-refractivity contribution is 5.81. The molecule has 0 saturated carbocycles. The van der Waals surface area contributed by atoms with Crippen molar-refractivity contribution in [3.05, 3.63) is 36.1 Å². The van der Waals surface area contributed by atoms with Crippen LogP contribution in [0.15, 0.2) is 34.9 Å². The van der Waals surface area contributed by atoms with Crippen LogP contribution in [0.4, 0.5) is 4.79 Å². The van der Waals surface area contributed by atoms with Crippen molar-refractivity contribution < 1.29 is 24.2 Å². The summed E-state index contributed by atoms with van der Waals surface area (Å²) in [5.41, 5.74) is 0.322. The fourth-order valence-corrected chi connectivity index (χ4v) is 4.07. The monoisotopic (exact) mass is 361 g/mol. The summed E-state index contributed by atoms with van der Waals surface area (Å²) in [6.45, 7) is 1.51. The van der Waals surface area contributed by atoms with Crippen LogP contribution < -0.4 is 0 Å². The summed E-state index contributed by atoms with van der Waals surface area (Å²) in [6, 6.07) is 7.67. The van der Waals surface area contributed by atoms with E-state index in [4.69, 9.17) is 9.15 Å². The summed E-state index contributed by atoms with van der Waals surface area (Å²) in [6.07, 6.45) is 4.45. The largest absolute Gasteiger partial charge is 0.465 e. The number of rotatable bonds is 7. The Kier molecular flexibility index (Phi) is 5.84. The van der Waals surface area contributed by atoms with Crippen LogP contribution >= 0.6 is 0 Å². The van der Waals surface area contributed by atoms with Gasteiger partial charge in [-0.2, -0.15) is 0 Å². The zero-order valence-corrected chi connectivity index (χ0v) is 15.2. The van der Waals surface area contributed by atoms with Crippen molar-refractivity contribution in [1.82, 2.24) is 4.90 Å². The minimum atomic E-state index is -1.13.